The third-order valence-electron chi connectivity index (χ3n) is 3.99. The van der Waals surface area contributed by atoms with Crippen LogP contribution in [-0.2, 0) is 21.3 Å². The Kier molecular flexibility index (Phi) is 4.59. The predicted octanol–water partition coefficient (Wildman–Crippen LogP) is 2.34. The standard InChI is InChI=1S/C15H21N3O3S2/c1-4-17-9-13(8-16-17)14-10-18(5-6-21-14)23(19,20)15-7-11(2)22-12(15)3/h7-9,14H,4-6,10H2,1-3H3. The zero-order valence-electron chi connectivity index (χ0n) is 13.5. The van der Waals surface area contributed by atoms with Crippen LogP contribution in [-0.4, -0.2) is 42.2 Å². The van der Waals surface area contributed by atoms with Crippen molar-refractivity contribution in [2.75, 3.05) is 19.7 Å². The number of morpholine rings is 1. The molecule has 3 heterocycles. The SMILES string of the molecule is CCn1cc(C2CN(S(=O)(=O)c3cc(C)sc3C)CCO2)cn1. The normalized spacial score (nSPS) is 20.0. The summed E-state index contributed by atoms with van der Waals surface area (Å²) >= 11 is 1.51. The van der Waals surface area contributed by atoms with Crippen LogP contribution in [0.1, 0.15) is 28.3 Å². The van der Waals surface area contributed by atoms with Gasteiger partial charge in [-0.3, -0.25) is 4.68 Å². The van der Waals surface area contributed by atoms with Crippen LogP contribution < -0.4 is 0 Å². The van der Waals surface area contributed by atoms with Crippen molar-refractivity contribution in [3.8, 4) is 0 Å². The van der Waals surface area contributed by atoms with Crippen molar-refractivity contribution >= 4 is 21.4 Å². The first-order valence-electron chi connectivity index (χ1n) is 7.63. The molecule has 0 aromatic carbocycles. The molecular weight excluding hydrogens is 334 g/mol. The van der Waals surface area contributed by atoms with Gasteiger partial charge in [0.15, 0.2) is 0 Å². The van der Waals surface area contributed by atoms with Crippen molar-refractivity contribution < 1.29 is 13.2 Å². The van der Waals surface area contributed by atoms with Gasteiger partial charge < -0.3 is 4.74 Å². The van der Waals surface area contributed by atoms with Crippen LogP contribution in [0.5, 0.6) is 0 Å². The monoisotopic (exact) mass is 355 g/mol. The van der Waals surface area contributed by atoms with Crippen molar-refractivity contribution in [2.45, 2.75) is 38.3 Å². The Morgan fingerprint density at radius 1 is 1.43 bits per heavy atom. The molecule has 0 bridgehead atoms. The van der Waals surface area contributed by atoms with Crippen LogP contribution in [0.2, 0.25) is 0 Å². The van der Waals surface area contributed by atoms with Crippen LogP contribution in [0.4, 0.5) is 0 Å². The Bertz CT molecular complexity index is 795. The fourth-order valence-corrected chi connectivity index (χ4v) is 5.72. The lowest BCUT2D eigenvalue weighted by Crippen LogP contribution is -2.42. The van der Waals surface area contributed by atoms with Gasteiger partial charge in [-0.15, -0.1) is 11.3 Å². The maximum atomic E-state index is 12.9. The number of ether oxygens (including phenoxy) is 1. The second-order valence-electron chi connectivity index (χ2n) is 5.63. The van der Waals surface area contributed by atoms with Gasteiger partial charge in [-0.2, -0.15) is 9.40 Å². The van der Waals surface area contributed by atoms with Gasteiger partial charge in [0.2, 0.25) is 10.0 Å². The summed E-state index contributed by atoms with van der Waals surface area (Å²) in [5.74, 6) is 0. The zero-order chi connectivity index (χ0) is 16.6. The summed E-state index contributed by atoms with van der Waals surface area (Å²) in [6.45, 7) is 7.68. The van der Waals surface area contributed by atoms with Crippen LogP contribution in [0.3, 0.4) is 0 Å². The number of hydrogen-bond donors (Lipinski definition) is 0. The van der Waals surface area contributed by atoms with Crippen LogP contribution in [0.25, 0.3) is 0 Å². The van der Waals surface area contributed by atoms with E-state index in [1.54, 1.807) is 12.3 Å². The molecule has 0 saturated carbocycles. The third kappa shape index (κ3) is 3.21. The molecule has 23 heavy (non-hydrogen) atoms. The predicted molar refractivity (Wildman–Crippen MR) is 89.1 cm³/mol. The summed E-state index contributed by atoms with van der Waals surface area (Å²) in [7, 11) is -3.48. The molecule has 2 aromatic rings. The van der Waals surface area contributed by atoms with Gasteiger partial charge in [-0.25, -0.2) is 8.42 Å². The fraction of sp³-hybridized carbons (Fsp3) is 0.533. The molecule has 126 valence electrons. The van der Waals surface area contributed by atoms with Crippen molar-refractivity contribution in [2.24, 2.45) is 0 Å². The van der Waals surface area contributed by atoms with Crippen LogP contribution in [0.15, 0.2) is 23.4 Å². The molecule has 1 aliphatic heterocycles. The van der Waals surface area contributed by atoms with E-state index in [9.17, 15) is 8.42 Å². The van der Waals surface area contributed by atoms with Gasteiger partial charge in [-0.1, -0.05) is 0 Å². The van der Waals surface area contributed by atoms with Gasteiger partial charge in [0.1, 0.15) is 0 Å². The maximum Gasteiger partial charge on any atom is 0.244 e. The number of rotatable bonds is 4. The summed E-state index contributed by atoms with van der Waals surface area (Å²) in [6.07, 6.45) is 3.41. The summed E-state index contributed by atoms with van der Waals surface area (Å²) in [5, 5.41) is 4.24. The highest BCUT2D eigenvalue weighted by atomic mass is 32.2. The molecule has 6 nitrogen and oxygen atoms in total. The molecular formula is C15H21N3O3S2. The summed E-state index contributed by atoms with van der Waals surface area (Å²) in [6, 6.07) is 1.76. The molecule has 0 N–H and O–H groups in total. The number of aryl methyl sites for hydroxylation is 3. The van der Waals surface area contributed by atoms with E-state index >= 15 is 0 Å². The summed E-state index contributed by atoms with van der Waals surface area (Å²) < 4.78 is 34.9. The minimum absolute atomic E-state index is 0.265. The molecule has 0 radical (unpaired) electrons. The second kappa shape index (κ2) is 6.35. The lowest BCUT2D eigenvalue weighted by atomic mass is 10.2. The molecule has 0 aliphatic carbocycles. The van der Waals surface area contributed by atoms with Crippen molar-refractivity contribution in [1.29, 1.82) is 0 Å². The van der Waals surface area contributed by atoms with Crippen molar-refractivity contribution in [1.82, 2.24) is 14.1 Å². The average Bonchev–Trinajstić information content (AvgIpc) is 3.14. The Morgan fingerprint density at radius 2 is 2.22 bits per heavy atom. The number of aromatic nitrogens is 2. The molecule has 1 aliphatic rings. The second-order valence-corrected chi connectivity index (χ2v) is 9.00. The van der Waals surface area contributed by atoms with Crippen molar-refractivity contribution in [3.63, 3.8) is 0 Å². The van der Waals surface area contributed by atoms with Crippen molar-refractivity contribution in [3.05, 3.63) is 33.8 Å². The van der Waals surface area contributed by atoms with Gasteiger partial charge in [0.05, 0.1) is 23.8 Å². The largest absolute Gasteiger partial charge is 0.371 e. The number of nitrogens with zero attached hydrogens (tertiary/aromatic N) is 3. The fourth-order valence-electron chi connectivity index (χ4n) is 2.77. The average molecular weight is 355 g/mol. The first-order chi connectivity index (χ1) is 10.9. The van der Waals surface area contributed by atoms with E-state index in [-0.39, 0.29) is 6.10 Å². The quantitative estimate of drug-likeness (QED) is 0.844. The molecule has 1 saturated heterocycles. The van der Waals surface area contributed by atoms with E-state index in [4.69, 9.17) is 4.74 Å². The van der Waals surface area contributed by atoms with Gasteiger partial charge >= 0.3 is 0 Å². The highest BCUT2D eigenvalue weighted by molar-refractivity contribution is 7.89. The molecule has 1 fully saturated rings. The van der Waals surface area contributed by atoms with E-state index < -0.39 is 10.0 Å². The number of thiophene rings is 1. The molecule has 3 rings (SSSR count). The van der Waals surface area contributed by atoms with Gasteiger partial charge in [0, 0.05) is 41.1 Å². The topological polar surface area (TPSA) is 64.4 Å². The van der Waals surface area contributed by atoms with Gasteiger partial charge in [-0.05, 0) is 26.8 Å². The zero-order valence-corrected chi connectivity index (χ0v) is 15.2. The van der Waals surface area contributed by atoms with E-state index in [1.807, 2.05) is 31.6 Å². The highest BCUT2D eigenvalue weighted by Crippen LogP contribution is 2.31. The molecule has 0 amide bonds. The molecule has 0 spiro atoms. The number of hydrogen-bond acceptors (Lipinski definition) is 5. The van der Waals surface area contributed by atoms with E-state index in [1.165, 1.54) is 15.6 Å². The highest BCUT2D eigenvalue weighted by Gasteiger charge is 2.33. The summed E-state index contributed by atoms with van der Waals surface area (Å²) in [4.78, 5) is 2.27. The molecule has 2 aromatic heterocycles. The first kappa shape index (κ1) is 16.6. The number of sulfonamides is 1. The lowest BCUT2D eigenvalue weighted by Gasteiger charge is -2.31. The minimum atomic E-state index is -3.48. The summed E-state index contributed by atoms with van der Waals surface area (Å²) in [5.41, 5.74) is 0.921. The third-order valence-corrected chi connectivity index (χ3v) is 7.08. The Balaban J connectivity index is 1.84. The maximum absolute atomic E-state index is 12.9. The first-order valence-corrected chi connectivity index (χ1v) is 9.88. The minimum Gasteiger partial charge on any atom is -0.371 e. The Labute approximate surface area is 140 Å². The molecule has 1 unspecified atom stereocenters. The van der Waals surface area contributed by atoms with Crippen LogP contribution in [0, 0.1) is 13.8 Å². The van der Waals surface area contributed by atoms with Crippen LogP contribution >= 0.6 is 11.3 Å². The lowest BCUT2D eigenvalue weighted by molar-refractivity contribution is -0.00260. The Hall–Kier alpha value is -1.22. The molecule has 1 atom stereocenters. The van der Waals surface area contributed by atoms with E-state index in [2.05, 4.69) is 5.10 Å². The van der Waals surface area contributed by atoms with E-state index in [0.717, 1.165) is 21.9 Å². The van der Waals surface area contributed by atoms with E-state index in [0.29, 0.717) is 24.6 Å². The Morgan fingerprint density at radius 3 is 2.83 bits per heavy atom. The molecule has 8 heteroatoms. The smallest absolute Gasteiger partial charge is 0.244 e. The van der Waals surface area contributed by atoms with Gasteiger partial charge in [0.25, 0.3) is 0 Å².